The highest BCUT2D eigenvalue weighted by Gasteiger charge is 2.17. The minimum absolute atomic E-state index is 0.218. The molecule has 1 heterocycles. The molecule has 0 aliphatic carbocycles. The van der Waals surface area contributed by atoms with Crippen LogP contribution in [0.15, 0.2) is 12.3 Å². The zero-order chi connectivity index (χ0) is 13.0. The van der Waals surface area contributed by atoms with Crippen LogP contribution < -0.4 is 0 Å². The van der Waals surface area contributed by atoms with E-state index in [-0.39, 0.29) is 11.9 Å². The molecule has 0 unspecified atom stereocenters. The summed E-state index contributed by atoms with van der Waals surface area (Å²) in [6, 6.07) is 1.91. The molecule has 3 heteroatoms. The molecule has 0 aliphatic rings. The lowest BCUT2D eigenvalue weighted by atomic mass is 9.98. The van der Waals surface area contributed by atoms with Crippen molar-refractivity contribution in [1.82, 2.24) is 4.98 Å². The number of nitrogens with zero attached hydrogens (tertiary/aromatic N) is 1. The lowest BCUT2D eigenvalue weighted by Gasteiger charge is -2.13. The second-order valence-electron chi connectivity index (χ2n) is 4.73. The largest absolute Gasteiger partial charge is 0.462 e. The number of carbonyl (C=O) groups excluding carboxylic acids is 1. The summed E-state index contributed by atoms with van der Waals surface area (Å²) in [7, 11) is 0. The fourth-order valence-corrected chi connectivity index (χ4v) is 1.64. The molecule has 94 valence electrons. The SMILES string of the molecule is CCOC(=O)c1cc(C(C)C)cnc1C(C)C. The van der Waals surface area contributed by atoms with Crippen LogP contribution >= 0.6 is 0 Å². The highest BCUT2D eigenvalue weighted by atomic mass is 16.5. The van der Waals surface area contributed by atoms with Crippen LogP contribution in [0, 0.1) is 0 Å². The second-order valence-corrected chi connectivity index (χ2v) is 4.73. The Hall–Kier alpha value is -1.38. The molecule has 0 fully saturated rings. The number of pyridine rings is 1. The minimum atomic E-state index is -0.272. The average Bonchev–Trinajstić information content (AvgIpc) is 2.28. The second kappa shape index (κ2) is 5.80. The molecular formula is C14H21NO2. The molecule has 0 bridgehead atoms. The summed E-state index contributed by atoms with van der Waals surface area (Å²) >= 11 is 0. The molecule has 0 saturated heterocycles. The van der Waals surface area contributed by atoms with Crippen LogP contribution in [0.1, 0.15) is 68.1 Å². The number of esters is 1. The van der Waals surface area contributed by atoms with Crippen LogP contribution in [0.25, 0.3) is 0 Å². The van der Waals surface area contributed by atoms with Gasteiger partial charge in [-0.2, -0.15) is 0 Å². The minimum Gasteiger partial charge on any atom is -0.462 e. The number of carbonyl (C=O) groups is 1. The standard InChI is InChI=1S/C14H21NO2/c1-6-17-14(16)12-7-11(9(2)3)8-15-13(12)10(4)5/h7-10H,6H2,1-5H3. The molecule has 0 saturated carbocycles. The van der Waals surface area contributed by atoms with Gasteiger partial charge in [0, 0.05) is 6.20 Å². The van der Waals surface area contributed by atoms with Gasteiger partial charge in [-0.1, -0.05) is 27.7 Å². The van der Waals surface area contributed by atoms with Gasteiger partial charge in [0.05, 0.1) is 17.9 Å². The van der Waals surface area contributed by atoms with Crippen molar-refractivity contribution < 1.29 is 9.53 Å². The predicted molar refractivity (Wildman–Crippen MR) is 68.4 cm³/mol. The Labute approximate surface area is 103 Å². The van der Waals surface area contributed by atoms with Gasteiger partial charge in [-0.05, 0) is 30.4 Å². The van der Waals surface area contributed by atoms with Crippen molar-refractivity contribution in [2.75, 3.05) is 6.61 Å². The van der Waals surface area contributed by atoms with Crippen LogP contribution in [0.2, 0.25) is 0 Å². The zero-order valence-corrected chi connectivity index (χ0v) is 11.3. The van der Waals surface area contributed by atoms with Gasteiger partial charge in [-0.25, -0.2) is 4.79 Å². The molecule has 3 nitrogen and oxygen atoms in total. The molecule has 0 aromatic carbocycles. The summed E-state index contributed by atoms with van der Waals surface area (Å²) in [6.45, 7) is 10.4. The molecular weight excluding hydrogens is 214 g/mol. The van der Waals surface area contributed by atoms with Crippen molar-refractivity contribution in [3.63, 3.8) is 0 Å². The molecule has 0 atom stereocenters. The Balaban J connectivity index is 3.20. The monoisotopic (exact) mass is 235 g/mol. The number of hydrogen-bond acceptors (Lipinski definition) is 3. The maximum Gasteiger partial charge on any atom is 0.339 e. The van der Waals surface area contributed by atoms with Gasteiger partial charge >= 0.3 is 5.97 Å². The highest BCUT2D eigenvalue weighted by Crippen LogP contribution is 2.22. The third-order valence-electron chi connectivity index (χ3n) is 2.65. The predicted octanol–water partition coefficient (Wildman–Crippen LogP) is 3.51. The molecule has 0 aliphatic heterocycles. The maximum atomic E-state index is 11.9. The summed E-state index contributed by atoms with van der Waals surface area (Å²) in [5, 5.41) is 0. The van der Waals surface area contributed by atoms with E-state index in [9.17, 15) is 4.79 Å². The van der Waals surface area contributed by atoms with Crippen LogP contribution in [0.5, 0.6) is 0 Å². The van der Waals surface area contributed by atoms with E-state index in [0.29, 0.717) is 18.1 Å². The summed E-state index contributed by atoms with van der Waals surface area (Å²) < 4.78 is 5.07. The quantitative estimate of drug-likeness (QED) is 0.750. The van der Waals surface area contributed by atoms with E-state index in [1.54, 1.807) is 0 Å². The first-order valence-corrected chi connectivity index (χ1v) is 6.14. The van der Waals surface area contributed by atoms with Gasteiger partial charge < -0.3 is 4.74 Å². The van der Waals surface area contributed by atoms with Crippen molar-refractivity contribution in [2.24, 2.45) is 0 Å². The van der Waals surface area contributed by atoms with Crippen LogP contribution in [-0.2, 0) is 4.74 Å². The zero-order valence-electron chi connectivity index (χ0n) is 11.3. The van der Waals surface area contributed by atoms with E-state index in [2.05, 4.69) is 18.8 Å². The van der Waals surface area contributed by atoms with Crippen LogP contribution in [0.4, 0.5) is 0 Å². The van der Waals surface area contributed by atoms with E-state index in [0.717, 1.165) is 11.3 Å². The Kier molecular flexibility index (Phi) is 4.67. The molecule has 17 heavy (non-hydrogen) atoms. The molecule has 1 rings (SSSR count). The number of hydrogen-bond donors (Lipinski definition) is 0. The fourth-order valence-electron chi connectivity index (χ4n) is 1.64. The third kappa shape index (κ3) is 3.29. The topological polar surface area (TPSA) is 39.2 Å². The smallest absolute Gasteiger partial charge is 0.339 e. The van der Waals surface area contributed by atoms with Crippen molar-refractivity contribution in [3.05, 3.63) is 29.1 Å². The van der Waals surface area contributed by atoms with Gasteiger partial charge in [-0.3, -0.25) is 4.98 Å². The number of ether oxygens (including phenoxy) is 1. The van der Waals surface area contributed by atoms with Crippen molar-refractivity contribution >= 4 is 5.97 Å². The van der Waals surface area contributed by atoms with Crippen molar-refractivity contribution in [1.29, 1.82) is 0 Å². The van der Waals surface area contributed by atoms with Gasteiger partial charge in [-0.15, -0.1) is 0 Å². The van der Waals surface area contributed by atoms with E-state index in [1.807, 2.05) is 33.0 Å². The summed E-state index contributed by atoms with van der Waals surface area (Å²) in [5.41, 5.74) is 2.48. The van der Waals surface area contributed by atoms with Crippen molar-refractivity contribution in [2.45, 2.75) is 46.5 Å². The Morgan fingerprint density at radius 3 is 2.41 bits per heavy atom. The fraction of sp³-hybridized carbons (Fsp3) is 0.571. The molecule has 0 amide bonds. The first-order chi connectivity index (χ1) is 7.97. The Morgan fingerprint density at radius 2 is 1.94 bits per heavy atom. The summed E-state index contributed by atoms with van der Waals surface area (Å²) in [6.07, 6.45) is 1.85. The van der Waals surface area contributed by atoms with E-state index >= 15 is 0 Å². The number of rotatable bonds is 4. The lowest BCUT2D eigenvalue weighted by molar-refractivity contribution is 0.0524. The lowest BCUT2D eigenvalue weighted by Crippen LogP contribution is -2.12. The molecule has 1 aromatic heterocycles. The van der Waals surface area contributed by atoms with Crippen LogP contribution in [-0.4, -0.2) is 17.6 Å². The Morgan fingerprint density at radius 1 is 1.29 bits per heavy atom. The highest BCUT2D eigenvalue weighted by molar-refractivity contribution is 5.91. The number of aromatic nitrogens is 1. The van der Waals surface area contributed by atoms with E-state index < -0.39 is 0 Å². The van der Waals surface area contributed by atoms with E-state index in [4.69, 9.17) is 4.74 Å². The van der Waals surface area contributed by atoms with Gasteiger partial charge in [0.25, 0.3) is 0 Å². The molecule has 1 aromatic rings. The van der Waals surface area contributed by atoms with Gasteiger partial charge in [0.2, 0.25) is 0 Å². The first kappa shape index (κ1) is 13.7. The summed E-state index contributed by atoms with van der Waals surface area (Å²) in [5.74, 6) is 0.304. The molecule has 0 spiro atoms. The normalized spacial score (nSPS) is 11.0. The van der Waals surface area contributed by atoms with Gasteiger partial charge in [0.1, 0.15) is 0 Å². The first-order valence-electron chi connectivity index (χ1n) is 6.14. The van der Waals surface area contributed by atoms with Gasteiger partial charge in [0.15, 0.2) is 0 Å². The third-order valence-corrected chi connectivity index (χ3v) is 2.65. The Bertz CT molecular complexity index is 397. The average molecular weight is 235 g/mol. The molecule has 0 radical (unpaired) electrons. The molecule has 0 N–H and O–H groups in total. The maximum absolute atomic E-state index is 11.9. The van der Waals surface area contributed by atoms with Crippen LogP contribution in [0.3, 0.4) is 0 Å². The van der Waals surface area contributed by atoms with Crippen molar-refractivity contribution in [3.8, 4) is 0 Å². The summed E-state index contributed by atoms with van der Waals surface area (Å²) in [4.78, 5) is 16.3. The van der Waals surface area contributed by atoms with E-state index in [1.165, 1.54) is 0 Å².